The van der Waals surface area contributed by atoms with Crippen LogP contribution in [-0.4, -0.2) is 20.6 Å². The molecule has 0 saturated heterocycles. The molecule has 0 bridgehead atoms. The van der Waals surface area contributed by atoms with Gasteiger partial charge in [0.25, 0.3) is 0 Å². The molecule has 2 aromatic rings. The van der Waals surface area contributed by atoms with Crippen LogP contribution in [-0.2, 0) is 7.05 Å². The second-order valence-electron chi connectivity index (χ2n) is 4.30. The number of imidazole rings is 1. The SMILES string of the molecule is Cn1cnc2cc(C3CCC3N)ncc21. The Kier molecular flexibility index (Phi) is 1.79. The van der Waals surface area contributed by atoms with E-state index < -0.39 is 0 Å². The molecule has 0 radical (unpaired) electrons. The molecule has 2 unspecified atom stereocenters. The first kappa shape index (κ1) is 8.85. The predicted molar refractivity (Wildman–Crippen MR) is 58.5 cm³/mol. The van der Waals surface area contributed by atoms with Gasteiger partial charge in [0.05, 0.1) is 23.6 Å². The van der Waals surface area contributed by atoms with Crippen LogP contribution in [0.4, 0.5) is 0 Å². The quantitative estimate of drug-likeness (QED) is 0.755. The highest BCUT2D eigenvalue weighted by Crippen LogP contribution is 2.34. The van der Waals surface area contributed by atoms with Gasteiger partial charge >= 0.3 is 0 Å². The fraction of sp³-hybridized carbons (Fsp3) is 0.455. The maximum absolute atomic E-state index is 5.94. The van der Waals surface area contributed by atoms with Gasteiger partial charge in [-0.05, 0) is 18.9 Å². The summed E-state index contributed by atoms with van der Waals surface area (Å²) in [7, 11) is 1.98. The number of hydrogen-bond acceptors (Lipinski definition) is 3. The lowest BCUT2D eigenvalue weighted by Crippen LogP contribution is -2.37. The second-order valence-corrected chi connectivity index (χ2v) is 4.30. The summed E-state index contributed by atoms with van der Waals surface area (Å²) in [5, 5.41) is 0. The third-order valence-corrected chi connectivity index (χ3v) is 3.34. The average molecular weight is 202 g/mol. The first-order valence-electron chi connectivity index (χ1n) is 5.28. The van der Waals surface area contributed by atoms with E-state index in [9.17, 15) is 0 Å². The monoisotopic (exact) mass is 202 g/mol. The summed E-state index contributed by atoms with van der Waals surface area (Å²) < 4.78 is 1.98. The summed E-state index contributed by atoms with van der Waals surface area (Å²) >= 11 is 0. The van der Waals surface area contributed by atoms with E-state index in [0.29, 0.717) is 12.0 Å². The standard InChI is InChI=1S/C11H14N4/c1-15-6-14-10-4-9(13-5-11(10)15)7-2-3-8(7)12/h4-8H,2-3,12H2,1H3. The third-order valence-electron chi connectivity index (χ3n) is 3.34. The molecule has 4 heteroatoms. The molecule has 2 aromatic heterocycles. The first-order chi connectivity index (χ1) is 7.25. The minimum atomic E-state index is 0.290. The Morgan fingerprint density at radius 2 is 2.27 bits per heavy atom. The van der Waals surface area contributed by atoms with Crippen LogP contribution in [0.2, 0.25) is 0 Å². The Morgan fingerprint density at radius 3 is 2.93 bits per heavy atom. The van der Waals surface area contributed by atoms with Gasteiger partial charge < -0.3 is 10.3 Å². The van der Waals surface area contributed by atoms with Crippen LogP contribution in [0.3, 0.4) is 0 Å². The van der Waals surface area contributed by atoms with Crippen LogP contribution in [0, 0.1) is 0 Å². The summed E-state index contributed by atoms with van der Waals surface area (Å²) in [4.78, 5) is 8.80. The fourth-order valence-corrected chi connectivity index (χ4v) is 2.14. The van der Waals surface area contributed by atoms with E-state index in [4.69, 9.17) is 5.73 Å². The Bertz CT molecular complexity index is 502. The zero-order valence-corrected chi connectivity index (χ0v) is 8.72. The van der Waals surface area contributed by atoms with Crippen molar-refractivity contribution in [3.8, 4) is 0 Å². The maximum atomic E-state index is 5.94. The van der Waals surface area contributed by atoms with Gasteiger partial charge in [-0.3, -0.25) is 4.98 Å². The molecule has 0 aliphatic heterocycles. The second kappa shape index (κ2) is 3.03. The van der Waals surface area contributed by atoms with Gasteiger partial charge in [-0.2, -0.15) is 0 Å². The van der Waals surface area contributed by atoms with Crippen molar-refractivity contribution in [2.45, 2.75) is 24.8 Å². The van der Waals surface area contributed by atoms with Gasteiger partial charge in [-0.25, -0.2) is 4.98 Å². The first-order valence-corrected chi connectivity index (χ1v) is 5.28. The number of fused-ring (bicyclic) bond motifs is 1. The normalized spacial score (nSPS) is 25.5. The van der Waals surface area contributed by atoms with Crippen molar-refractivity contribution in [2.75, 3.05) is 0 Å². The van der Waals surface area contributed by atoms with Crippen molar-refractivity contribution in [3.05, 3.63) is 24.3 Å². The van der Waals surface area contributed by atoms with E-state index in [1.165, 1.54) is 0 Å². The summed E-state index contributed by atoms with van der Waals surface area (Å²) in [5.41, 5.74) is 9.13. The molecule has 15 heavy (non-hydrogen) atoms. The van der Waals surface area contributed by atoms with Crippen molar-refractivity contribution in [1.82, 2.24) is 14.5 Å². The topological polar surface area (TPSA) is 56.7 Å². The summed E-state index contributed by atoms with van der Waals surface area (Å²) in [6.45, 7) is 0. The van der Waals surface area contributed by atoms with Crippen LogP contribution < -0.4 is 5.73 Å². The van der Waals surface area contributed by atoms with E-state index in [-0.39, 0.29) is 0 Å². The molecule has 2 heterocycles. The highest BCUT2D eigenvalue weighted by atomic mass is 15.0. The van der Waals surface area contributed by atoms with Crippen LogP contribution >= 0.6 is 0 Å². The minimum absolute atomic E-state index is 0.290. The van der Waals surface area contributed by atoms with Crippen molar-refractivity contribution in [2.24, 2.45) is 12.8 Å². The van der Waals surface area contributed by atoms with Crippen LogP contribution in [0.5, 0.6) is 0 Å². The Balaban J connectivity index is 2.06. The zero-order valence-electron chi connectivity index (χ0n) is 8.72. The number of rotatable bonds is 1. The number of aryl methyl sites for hydroxylation is 1. The molecule has 0 amide bonds. The number of hydrogen-bond donors (Lipinski definition) is 1. The van der Waals surface area contributed by atoms with Gasteiger partial charge in [0.15, 0.2) is 0 Å². The highest BCUT2D eigenvalue weighted by Gasteiger charge is 2.30. The van der Waals surface area contributed by atoms with E-state index in [1.807, 2.05) is 24.1 Å². The molecule has 2 atom stereocenters. The number of nitrogens with two attached hydrogens (primary N) is 1. The molecule has 1 saturated carbocycles. The van der Waals surface area contributed by atoms with E-state index >= 15 is 0 Å². The summed E-state index contributed by atoms with van der Waals surface area (Å²) in [5.74, 6) is 0.441. The lowest BCUT2D eigenvalue weighted by molar-refractivity contribution is 0.340. The molecular weight excluding hydrogens is 188 g/mol. The predicted octanol–water partition coefficient (Wildman–Crippen LogP) is 1.17. The number of pyridine rings is 1. The fourth-order valence-electron chi connectivity index (χ4n) is 2.14. The molecule has 0 aromatic carbocycles. The molecule has 2 N–H and O–H groups in total. The Morgan fingerprint density at radius 1 is 1.40 bits per heavy atom. The highest BCUT2D eigenvalue weighted by molar-refractivity contribution is 5.74. The van der Waals surface area contributed by atoms with Gasteiger partial charge in [0, 0.05) is 24.7 Å². The van der Waals surface area contributed by atoms with Gasteiger partial charge in [0.1, 0.15) is 0 Å². The molecule has 1 aliphatic rings. The van der Waals surface area contributed by atoms with Crippen LogP contribution in [0.15, 0.2) is 18.6 Å². The summed E-state index contributed by atoms with van der Waals surface area (Å²) in [6.07, 6.45) is 5.98. The molecule has 78 valence electrons. The van der Waals surface area contributed by atoms with Crippen LogP contribution in [0.1, 0.15) is 24.5 Å². The van der Waals surface area contributed by atoms with Gasteiger partial charge in [0.2, 0.25) is 0 Å². The lowest BCUT2D eigenvalue weighted by atomic mass is 9.78. The Labute approximate surface area is 88.1 Å². The lowest BCUT2D eigenvalue weighted by Gasteiger charge is -2.32. The van der Waals surface area contributed by atoms with Crippen molar-refractivity contribution in [3.63, 3.8) is 0 Å². The maximum Gasteiger partial charge on any atom is 0.0956 e. The van der Waals surface area contributed by atoms with Gasteiger partial charge in [-0.15, -0.1) is 0 Å². The minimum Gasteiger partial charge on any atom is -0.332 e. The van der Waals surface area contributed by atoms with Gasteiger partial charge in [-0.1, -0.05) is 0 Å². The van der Waals surface area contributed by atoms with E-state index in [0.717, 1.165) is 29.6 Å². The molecule has 0 spiro atoms. The Hall–Kier alpha value is -1.42. The smallest absolute Gasteiger partial charge is 0.0956 e. The van der Waals surface area contributed by atoms with Crippen molar-refractivity contribution in [1.29, 1.82) is 0 Å². The van der Waals surface area contributed by atoms with Crippen molar-refractivity contribution < 1.29 is 0 Å². The van der Waals surface area contributed by atoms with E-state index in [1.54, 1.807) is 0 Å². The van der Waals surface area contributed by atoms with E-state index in [2.05, 4.69) is 16.0 Å². The largest absolute Gasteiger partial charge is 0.332 e. The third kappa shape index (κ3) is 1.25. The molecule has 1 aliphatic carbocycles. The zero-order chi connectivity index (χ0) is 10.4. The summed E-state index contributed by atoms with van der Waals surface area (Å²) in [6, 6.07) is 2.36. The average Bonchev–Trinajstić information content (AvgIpc) is 2.58. The molecule has 4 nitrogen and oxygen atoms in total. The number of nitrogens with zero attached hydrogens (tertiary/aromatic N) is 3. The van der Waals surface area contributed by atoms with Crippen LogP contribution in [0.25, 0.3) is 11.0 Å². The molecule has 3 rings (SSSR count). The molecular formula is C11H14N4. The van der Waals surface area contributed by atoms with Crippen molar-refractivity contribution >= 4 is 11.0 Å². The number of aromatic nitrogens is 3. The molecule has 1 fully saturated rings.